The van der Waals surface area contributed by atoms with E-state index in [1.54, 1.807) is 6.92 Å². The molecule has 1 fully saturated rings. The van der Waals surface area contributed by atoms with Gasteiger partial charge < -0.3 is 40.9 Å². The first kappa shape index (κ1) is 38.5. The third kappa shape index (κ3) is 10.00. The molecule has 2 aromatic carbocycles. The van der Waals surface area contributed by atoms with E-state index < -0.39 is 47.6 Å². The largest absolute Gasteiger partial charge is 0.493 e. The molecule has 0 unspecified atom stereocenters. The number of hydrogen-bond donors (Lipinski definition) is 5. The van der Waals surface area contributed by atoms with Crippen LogP contribution in [0.1, 0.15) is 74.9 Å². The molecule has 4 amide bonds. The molecule has 0 saturated carbocycles. The molecule has 2 aliphatic heterocycles. The van der Waals surface area contributed by atoms with E-state index in [9.17, 15) is 32.3 Å². The Morgan fingerprint density at radius 3 is 2.42 bits per heavy atom. The zero-order valence-electron chi connectivity index (χ0n) is 28.9. The molecule has 282 valence electrons. The summed E-state index contributed by atoms with van der Waals surface area (Å²) in [5.41, 5.74) is 5.65. The van der Waals surface area contributed by atoms with Crippen LogP contribution in [0.2, 0.25) is 0 Å². The van der Waals surface area contributed by atoms with E-state index in [1.165, 1.54) is 0 Å². The van der Waals surface area contributed by atoms with Gasteiger partial charge >= 0.3 is 6.18 Å². The van der Waals surface area contributed by atoms with Crippen LogP contribution < -0.4 is 31.7 Å². The monoisotopic (exact) mass is 730 g/mol. The highest BCUT2D eigenvalue weighted by Gasteiger charge is 2.37. The van der Waals surface area contributed by atoms with Crippen molar-refractivity contribution < 1.29 is 46.2 Å². The fraction of sp³-hybridized carbons (Fsp3) is 0.528. The molecule has 0 aliphatic carbocycles. The molecule has 16 heteroatoms. The number of halogens is 3. The van der Waals surface area contributed by atoms with Crippen molar-refractivity contribution in [1.82, 2.24) is 26.3 Å². The summed E-state index contributed by atoms with van der Waals surface area (Å²) in [6, 6.07) is 6.62. The topological polar surface area (TPSA) is 187 Å². The summed E-state index contributed by atoms with van der Waals surface area (Å²) in [6.07, 6.45) is -1.93. The summed E-state index contributed by atoms with van der Waals surface area (Å²) in [5.74, 6) is -1.93. The minimum absolute atomic E-state index is 0.0351. The summed E-state index contributed by atoms with van der Waals surface area (Å²) < 4.78 is 56.7. The molecule has 1 aromatic heterocycles. The second-order valence-electron chi connectivity index (χ2n) is 13.0. The van der Waals surface area contributed by atoms with E-state index in [-0.39, 0.29) is 47.7 Å². The number of nitrogens with zero attached hydrogens (tertiary/aromatic N) is 1. The SMILES string of the molecule is CCC(=O)N[C@@H](Cc1nc2ccc(C(F)(F)F)cc2o1)C(=O)N[C@H](C(=O)N[C@@H](CCCCN)C(=O)N[C@@H]1CCOc2ccccc21)C1CCOCC1. The van der Waals surface area contributed by atoms with Gasteiger partial charge in [-0.15, -0.1) is 0 Å². The smallest absolute Gasteiger partial charge is 0.416 e. The van der Waals surface area contributed by atoms with Gasteiger partial charge in [0.15, 0.2) is 11.5 Å². The highest BCUT2D eigenvalue weighted by molar-refractivity contribution is 5.94. The summed E-state index contributed by atoms with van der Waals surface area (Å²) in [4.78, 5) is 58.5. The normalized spacial score (nSPS) is 18.0. The van der Waals surface area contributed by atoms with Gasteiger partial charge in [-0.25, -0.2) is 4.98 Å². The lowest BCUT2D eigenvalue weighted by atomic mass is 9.90. The van der Waals surface area contributed by atoms with Crippen LogP contribution in [0, 0.1) is 5.92 Å². The van der Waals surface area contributed by atoms with Crippen LogP contribution in [0.3, 0.4) is 0 Å². The quantitative estimate of drug-likeness (QED) is 0.146. The van der Waals surface area contributed by atoms with Crippen LogP contribution in [-0.4, -0.2) is 73.1 Å². The van der Waals surface area contributed by atoms with Gasteiger partial charge in [0.05, 0.1) is 24.6 Å². The van der Waals surface area contributed by atoms with Gasteiger partial charge in [-0.2, -0.15) is 13.2 Å². The van der Waals surface area contributed by atoms with E-state index in [4.69, 9.17) is 19.6 Å². The van der Waals surface area contributed by atoms with Crippen molar-refractivity contribution in [1.29, 1.82) is 0 Å². The maximum Gasteiger partial charge on any atom is 0.416 e. The Bertz CT molecular complexity index is 1710. The number of fused-ring (bicyclic) bond motifs is 2. The first-order valence-electron chi connectivity index (χ1n) is 17.6. The van der Waals surface area contributed by atoms with Crippen LogP contribution in [-0.2, 0) is 36.5 Å². The molecular formula is C36H45F3N6O7. The van der Waals surface area contributed by atoms with Crippen molar-refractivity contribution in [3.63, 3.8) is 0 Å². The van der Waals surface area contributed by atoms with E-state index >= 15 is 0 Å². The number of carbonyl (C=O) groups is 4. The van der Waals surface area contributed by atoms with E-state index in [0.717, 1.165) is 23.8 Å². The molecule has 0 bridgehead atoms. The number of nitrogens with one attached hydrogen (secondary N) is 4. The molecule has 13 nitrogen and oxygen atoms in total. The highest BCUT2D eigenvalue weighted by atomic mass is 19.4. The van der Waals surface area contributed by atoms with Crippen LogP contribution in [0.15, 0.2) is 46.9 Å². The van der Waals surface area contributed by atoms with Gasteiger partial charge in [-0.05, 0) is 68.8 Å². The number of amides is 4. The van der Waals surface area contributed by atoms with Crippen LogP contribution >= 0.6 is 0 Å². The molecule has 3 aromatic rings. The van der Waals surface area contributed by atoms with Crippen molar-refractivity contribution in [3.05, 3.63) is 59.5 Å². The maximum absolute atomic E-state index is 14.1. The number of carbonyl (C=O) groups excluding carboxylic acids is 4. The van der Waals surface area contributed by atoms with Crippen molar-refractivity contribution in [2.75, 3.05) is 26.4 Å². The molecule has 5 rings (SSSR count). The number of hydrogen-bond acceptors (Lipinski definition) is 9. The Morgan fingerprint density at radius 2 is 1.69 bits per heavy atom. The number of aromatic nitrogens is 1. The predicted molar refractivity (Wildman–Crippen MR) is 183 cm³/mol. The average molecular weight is 731 g/mol. The Kier molecular flexibility index (Phi) is 13.1. The van der Waals surface area contributed by atoms with Crippen molar-refractivity contribution in [2.24, 2.45) is 11.7 Å². The van der Waals surface area contributed by atoms with E-state index in [0.29, 0.717) is 70.6 Å². The molecular weight excluding hydrogens is 685 g/mol. The van der Waals surface area contributed by atoms with Crippen molar-refractivity contribution in [2.45, 2.75) is 88.6 Å². The number of unbranched alkanes of at least 4 members (excludes halogenated alkanes) is 1. The Balaban J connectivity index is 1.35. The second kappa shape index (κ2) is 17.7. The lowest BCUT2D eigenvalue weighted by Crippen LogP contribution is -2.59. The fourth-order valence-electron chi connectivity index (χ4n) is 6.40. The zero-order valence-corrected chi connectivity index (χ0v) is 28.9. The number of para-hydroxylation sites is 1. The number of rotatable bonds is 15. The number of ether oxygens (including phenoxy) is 2. The zero-order chi connectivity index (χ0) is 37.3. The molecule has 2 aliphatic rings. The van der Waals surface area contributed by atoms with Gasteiger partial charge in [0.2, 0.25) is 23.6 Å². The number of nitrogens with two attached hydrogens (primary N) is 1. The number of oxazole rings is 1. The van der Waals surface area contributed by atoms with Crippen LogP contribution in [0.25, 0.3) is 11.1 Å². The van der Waals surface area contributed by atoms with E-state index in [2.05, 4.69) is 26.3 Å². The Morgan fingerprint density at radius 1 is 0.923 bits per heavy atom. The van der Waals surface area contributed by atoms with Gasteiger partial charge in [-0.3, -0.25) is 19.2 Å². The molecule has 4 atom stereocenters. The molecule has 52 heavy (non-hydrogen) atoms. The first-order valence-corrected chi connectivity index (χ1v) is 17.6. The first-order chi connectivity index (χ1) is 25.0. The van der Waals surface area contributed by atoms with Crippen molar-refractivity contribution >= 4 is 34.7 Å². The van der Waals surface area contributed by atoms with Gasteiger partial charge in [0.25, 0.3) is 0 Å². The van der Waals surface area contributed by atoms with Gasteiger partial charge in [0, 0.05) is 31.6 Å². The lowest BCUT2D eigenvalue weighted by molar-refractivity contribution is -0.137. The second-order valence-corrected chi connectivity index (χ2v) is 13.0. The average Bonchev–Trinajstić information content (AvgIpc) is 3.55. The third-order valence-corrected chi connectivity index (χ3v) is 9.28. The van der Waals surface area contributed by atoms with Gasteiger partial charge in [-0.1, -0.05) is 25.1 Å². The molecule has 0 spiro atoms. The van der Waals surface area contributed by atoms with Crippen molar-refractivity contribution in [3.8, 4) is 5.75 Å². The number of alkyl halides is 3. The Hall–Kier alpha value is -4.70. The minimum Gasteiger partial charge on any atom is -0.493 e. The minimum atomic E-state index is -4.60. The fourth-order valence-corrected chi connectivity index (χ4v) is 6.40. The standard InChI is InChI=1S/C36H45F3N6O7/c1-2-30(46)41-27(20-31-42-25-11-10-22(36(37,38)39)19-29(25)52-31)34(48)45-32(21-12-16-50-17-13-21)35(49)44-26(8-5-6-15-40)33(47)43-24-14-18-51-28-9-4-3-7-23(24)28/h3-4,7,9-11,19,21,24,26-27,32H,2,5-6,8,12-18,20,40H2,1H3,(H,41,46)(H,43,47)(H,44,49)(H,45,48)/t24-,26+,27+,32+/m1/s1. The van der Waals surface area contributed by atoms with Crippen LogP contribution in [0.5, 0.6) is 5.75 Å². The van der Waals surface area contributed by atoms with Crippen LogP contribution in [0.4, 0.5) is 13.2 Å². The highest BCUT2D eigenvalue weighted by Crippen LogP contribution is 2.33. The predicted octanol–water partition coefficient (Wildman–Crippen LogP) is 3.45. The van der Waals surface area contributed by atoms with Gasteiger partial charge in [0.1, 0.15) is 29.4 Å². The molecule has 1 saturated heterocycles. The molecule has 3 heterocycles. The summed E-state index contributed by atoms with van der Waals surface area (Å²) in [7, 11) is 0. The van der Waals surface area contributed by atoms with E-state index in [1.807, 2.05) is 24.3 Å². The number of benzene rings is 2. The maximum atomic E-state index is 14.1. The Labute approximate surface area is 298 Å². The summed E-state index contributed by atoms with van der Waals surface area (Å²) in [6.45, 7) is 3.12. The molecule has 0 radical (unpaired) electrons. The summed E-state index contributed by atoms with van der Waals surface area (Å²) >= 11 is 0. The third-order valence-electron chi connectivity index (χ3n) is 9.28. The molecule has 6 N–H and O–H groups in total. The lowest BCUT2D eigenvalue weighted by Gasteiger charge is -2.33. The summed E-state index contributed by atoms with van der Waals surface area (Å²) in [5, 5.41) is 11.4.